The second-order valence-electron chi connectivity index (χ2n) is 5.58. The third kappa shape index (κ3) is 5.19. The minimum atomic E-state index is 0.441. The quantitative estimate of drug-likeness (QED) is 0.756. The lowest BCUT2D eigenvalue weighted by atomic mass is 9.86. The van der Waals surface area contributed by atoms with Crippen LogP contribution in [0.5, 0.6) is 0 Å². The van der Waals surface area contributed by atoms with Gasteiger partial charge in [0.25, 0.3) is 0 Å². The Balaban J connectivity index is 2.43. The SMILES string of the molecule is CCNCC(C)(CC)CN1CCSC(CC)C1. The second-order valence-corrected chi connectivity index (χ2v) is 6.99. The van der Waals surface area contributed by atoms with E-state index in [0.717, 1.165) is 18.3 Å². The fraction of sp³-hybridized carbons (Fsp3) is 1.00. The van der Waals surface area contributed by atoms with Gasteiger partial charge in [-0.3, -0.25) is 0 Å². The first-order chi connectivity index (χ1) is 8.13. The zero-order valence-corrected chi connectivity index (χ0v) is 12.9. The van der Waals surface area contributed by atoms with Crippen molar-refractivity contribution >= 4 is 11.8 Å². The summed E-state index contributed by atoms with van der Waals surface area (Å²) in [5, 5.41) is 4.39. The van der Waals surface area contributed by atoms with Crippen molar-refractivity contribution in [3.8, 4) is 0 Å². The highest BCUT2D eigenvalue weighted by atomic mass is 32.2. The molecule has 0 amide bonds. The van der Waals surface area contributed by atoms with Gasteiger partial charge in [-0.05, 0) is 24.8 Å². The van der Waals surface area contributed by atoms with Crippen LogP contribution in [0.1, 0.15) is 40.5 Å². The van der Waals surface area contributed by atoms with Gasteiger partial charge < -0.3 is 10.2 Å². The fourth-order valence-corrected chi connectivity index (χ4v) is 3.68. The minimum Gasteiger partial charge on any atom is -0.316 e. The largest absolute Gasteiger partial charge is 0.316 e. The molecule has 2 unspecified atom stereocenters. The first-order valence-electron chi connectivity index (χ1n) is 7.18. The van der Waals surface area contributed by atoms with Crippen molar-refractivity contribution < 1.29 is 0 Å². The van der Waals surface area contributed by atoms with Crippen LogP contribution in [0, 0.1) is 5.41 Å². The summed E-state index contributed by atoms with van der Waals surface area (Å²) in [4.78, 5) is 2.69. The summed E-state index contributed by atoms with van der Waals surface area (Å²) in [7, 11) is 0. The first kappa shape index (κ1) is 15.3. The molecule has 2 atom stereocenters. The Morgan fingerprint density at radius 2 is 2.12 bits per heavy atom. The second kappa shape index (κ2) is 7.65. The normalized spacial score (nSPS) is 25.8. The Hall–Kier alpha value is 0.270. The standard InChI is InChI=1S/C14H30N2S/c1-5-13-10-16(8-9-17-13)12-14(4,6-2)11-15-7-3/h13,15H,5-12H2,1-4H3. The molecule has 0 bridgehead atoms. The van der Waals surface area contributed by atoms with Crippen LogP contribution < -0.4 is 5.32 Å². The average Bonchev–Trinajstić information content (AvgIpc) is 2.36. The van der Waals surface area contributed by atoms with Gasteiger partial charge in [0.05, 0.1) is 0 Å². The van der Waals surface area contributed by atoms with E-state index in [1.807, 2.05) is 0 Å². The van der Waals surface area contributed by atoms with E-state index in [1.54, 1.807) is 0 Å². The molecule has 1 fully saturated rings. The van der Waals surface area contributed by atoms with Crippen LogP contribution in [0.25, 0.3) is 0 Å². The Labute approximate surface area is 112 Å². The molecule has 0 spiro atoms. The zero-order valence-electron chi connectivity index (χ0n) is 12.1. The smallest absolute Gasteiger partial charge is 0.0172 e. The Morgan fingerprint density at radius 1 is 1.35 bits per heavy atom. The Bertz CT molecular complexity index is 210. The van der Waals surface area contributed by atoms with Crippen LogP contribution in [0.15, 0.2) is 0 Å². The molecule has 102 valence electrons. The number of rotatable bonds is 7. The number of hydrogen-bond acceptors (Lipinski definition) is 3. The van der Waals surface area contributed by atoms with Crippen LogP contribution in [-0.2, 0) is 0 Å². The minimum absolute atomic E-state index is 0.441. The monoisotopic (exact) mass is 258 g/mol. The molecule has 2 nitrogen and oxygen atoms in total. The lowest BCUT2D eigenvalue weighted by molar-refractivity contribution is 0.158. The summed E-state index contributed by atoms with van der Waals surface area (Å²) < 4.78 is 0. The molecule has 0 radical (unpaired) electrons. The van der Waals surface area contributed by atoms with Crippen LogP contribution >= 0.6 is 11.8 Å². The maximum atomic E-state index is 3.52. The van der Waals surface area contributed by atoms with Crippen molar-refractivity contribution in [2.75, 3.05) is 38.5 Å². The zero-order chi connectivity index (χ0) is 12.7. The van der Waals surface area contributed by atoms with Gasteiger partial charge in [-0.25, -0.2) is 0 Å². The molecular weight excluding hydrogens is 228 g/mol. The van der Waals surface area contributed by atoms with Gasteiger partial charge in [0.1, 0.15) is 0 Å². The predicted octanol–water partition coefficient (Wildman–Crippen LogP) is 2.84. The van der Waals surface area contributed by atoms with E-state index in [1.165, 1.54) is 38.2 Å². The van der Waals surface area contributed by atoms with E-state index < -0.39 is 0 Å². The lowest BCUT2D eigenvalue weighted by Crippen LogP contribution is -2.46. The van der Waals surface area contributed by atoms with Crippen molar-refractivity contribution in [1.82, 2.24) is 10.2 Å². The van der Waals surface area contributed by atoms with E-state index in [-0.39, 0.29) is 0 Å². The summed E-state index contributed by atoms with van der Waals surface area (Å²) >= 11 is 2.16. The molecule has 1 aliphatic heterocycles. The molecule has 1 heterocycles. The van der Waals surface area contributed by atoms with Crippen LogP contribution in [0.2, 0.25) is 0 Å². The molecule has 1 aliphatic rings. The highest BCUT2D eigenvalue weighted by molar-refractivity contribution is 8.00. The van der Waals surface area contributed by atoms with Crippen LogP contribution in [-0.4, -0.2) is 48.6 Å². The van der Waals surface area contributed by atoms with Crippen molar-refractivity contribution in [3.63, 3.8) is 0 Å². The maximum absolute atomic E-state index is 3.52. The number of hydrogen-bond donors (Lipinski definition) is 1. The molecule has 17 heavy (non-hydrogen) atoms. The van der Waals surface area contributed by atoms with E-state index in [2.05, 4.69) is 49.7 Å². The molecule has 0 aromatic carbocycles. The van der Waals surface area contributed by atoms with Gasteiger partial charge >= 0.3 is 0 Å². The number of thioether (sulfide) groups is 1. The first-order valence-corrected chi connectivity index (χ1v) is 8.23. The summed E-state index contributed by atoms with van der Waals surface area (Å²) in [6, 6.07) is 0. The fourth-order valence-electron chi connectivity index (χ4n) is 2.43. The summed E-state index contributed by atoms with van der Waals surface area (Å²) in [5.74, 6) is 1.32. The third-order valence-corrected chi connectivity index (χ3v) is 5.31. The lowest BCUT2D eigenvalue weighted by Gasteiger charge is -2.39. The molecular formula is C14H30N2S. The molecule has 1 rings (SSSR count). The van der Waals surface area contributed by atoms with Gasteiger partial charge in [0.15, 0.2) is 0 Å². The van der Waals surface area contributed by atoms with E-state index in [9.17, 15) is 0 Å². The Kier molecular flexibility index (Phi) is 6.90. The predicted molar refractivity (Wildman–Crippen MR) is 79.9 cm³/mol. The number of nitrogens with one attached hydrogen (secondary N) is 1. The van der Waals surface area contributed by atoms with Crippen molar-refractivity contribution in [3.05, 3.63) is 0 Å². The van der Waals surface area contributed by atoms with E-state index in [0.29, 0.717) is 5.41 Å². The van der Waals surface area contributed by atoms with Gasteiger partial charge in [-0.2, -0.15) is 11.8 Å². The Morgan fingerprint density at radius 3 is 2.71 bits per heavy atom. The molecule has 1 N–H and O–H groups in total. The highest BCUT2D eigenvalue weighted by Gasteiger charge is 2.27. The van der Waals surface area contributed by atoms with Gasteiger partial charge in [-0.15, -0.1) is 0 Å². The highest BCUT2D eigenvalue weighted by Crippen LogP contribution is 2.26. The summed E-state index contributed by atoms with van der Waals surface area (Å²) in [6.45, 7) is 15.3. The molecule has 3 heteroatoms. The number of nitrogens with zero attached hydrogens (tertiary/aromatic N) is 1. The van der Waals surface area contributed by atoms with Gasteiger partial charge in [0, 0.05) is 37.2 Å². The van der Waals surface area contributed by atoms with Crippen LogP contribution in [0.4, 0.5) is 0 Å². The summed E-state index contributed by atoms with van der Waals surface area (Å²) in [5.41, 5.74) is 0.441. The molecule has 0 aromatic rings. The van der Waals surface area contributed by atoms with Crippen molar-refractivity contribution in [1.29, 1.82) is 0 Å². The van der Waals surface area contributed by atoms with Gasteiger partial charge in [-0.1, -0.05) is 27.7 Å². The topological polar surface area (TPSA) is 15.3 Å². The molecule has 0 aromatic heterocycles. The van der Waals surface area contributed by atoms with Gasteiger partial charge in [0.2, 0.25) is 0 Å². The van der Waals surface area contributed by atoms with E-state index in [4.69, 9.17) is 0 Å². The van der Waals surface area contributed by atoms with Crippen molar-refractivity contribution in [2.45, 2.75) is 45.8 Å². The molecule has 0 saturated carbocycles. The maximum Gasteiger partial charge on any atom is 0.0172 e. The molecule has 1 saturated heterocycles. The van der Waals surface area contributed by atoms with Crippen molar-refractivity contribution in [2.24, 2.45) is 5.41 Å². The van der Waals surface area contributed by atoms with Crippen LogP contribution in [0.3, 0.4) is 0 Å². The van der Waals surface area contributed by atoms with E-state index >= 15 is 0 Å². The molecule has 0 aliphatic carbocycles. The third-order valence-electron chi connectivity index (χ3n) is 3.94. The summed E-state index contributed by atoms with van der Waals surface area (Å²) in [6.07, 6.45) is 2.58. The average molecular weight is 258 g/mol.